The van der Waals surface area contributed by atoms with Gasteiger partial charge in [-0.3, -0.25) is 4.90 Å². The van der Waals surface area contributed by atoms with Gasteiger partial charge in [-0.05, 0) is 78.6 Å². The van der Waals surface area contributed by atoms with E-state index >= 15 is 0 Å². The summed E-state index contributed by atoms with van der Waals surface area (Å²) in [6.07, 6.45) is 8.23. The molecule has 0 fully saturated rings. The molecule has 3 aromatic carbocycles. The highest BCUT2D eigenvalue weighted by atomic mass is 35.5. The molecule has 4 rings (SSSR count). The van der Waals surface area contributed by atoms with Gasteiger partial charge in [0.1, 0.15) is 0 Å². The van der Waals surface area contributed by atoms with Gasteiger partial charge in [0.2, 0.25) is 0 Å². The Morgan fingerprint density at radius 2 is 1.40 bits per heavy atom. The Balaban J connectivity index is 1.17. The fraction of sp³-hybridized carbons (Fsp3) is 0.286. The normalized spacial score (nSPS) is 14.5. The van der Waals surface area contributed by atoms with Crippen molar-refractivity contribution in [1.82, 2.24) is 4.90 Å². The predicted octanol–water partition coefficient (Wildman–Crippen LogP) is 7.04. The minimum absolute atomic E-state index is 0.798. The van der Waals surface area contributed by atoms with Crippen LogP contribution in [0, 0.1) is 0 Å². The maximum absolute atomic E-state index is 5.97. The fourth-order valence-electron chi connectivity index (χ4n) is 4.15. The summed E-state index contributed by atoms with van der Waals surface area (Å²) >= 11 is 5.97. The van der Waals surface area contributed by atoms with Crippen molar-refractivity contribution in [3.8, 4) is 0 Å². The Bertz CT molecular complexity index is 942. The lowest BCUT2D eigenvalue weighted by Crippen LogP contribution is -2.29. The molecule has 1 nitrogen and oxygen atoms in total. The number of unbranched alkanes of at least 4 members (excludes halogenated alkanes) is 1. The number of hydrogen-bond acceptors (Lipinski definition) is 1. The number of hydrogen-bond donors (Lipinski definition) is 0. The Kier molecular flexibility index (Phi) is 7.39. The predicted molar refractivity (Wildman–Crippen MR) is 129 cm³/mol. The first-order chi connectivity index (χ1) is 14.8. The van der Waals surface area contributed by atoms with Crippen LogP contribution in [-0.2, 0) is 12.8 Å². The molecule has 30 heavy (non-hydrogen) atoms. The van der Waals surface area contributed by atoms with Crippen LogP contribution in [0.4, 0.5) is 0 Å². The van der Waals surface area contributed by atoms with E-state index in [4.69, 9.17) is 11.6 Å². The van der Waals surface area contributed by atoms with Gasteiger partial charge < -0.3 is 0 Å². The summed E-state index contributed by atoms with van der Waals surface area (Å²) in [5, 5.41) is 0.798. The Morgan fingerprint density at radius 1 is 0.733 bits per heavy atom. The molecular weight excluding hydrogens is 386 g/mol. The monoisotopic (exact) mass is 415 g/mol. The molecule has 0 aromatic heterocycles. The third kappa shape index (κ3) is 6.08. The van der Waals surface area contributed by atoms with Crippen molar-refractivity contribution in [2.75, 3.05) is 19.6 Å². The maximum Gasteiger partial charge on any atom is 0.0406 e. The van der Waals surface area contributed by atoms with Crippen LogP contribution in [0.1, 0.15) is 41.5 Å². The molecule has 0 N–H and O–H groups in total. The first-order valence-electron chi connectivity index (χ1n) is 11.1. The van der Waals surface area contributed by atoms with Crippen molar-refractivity contribution in [3.05, 3.63) is 112 Å². The van der Waals surface area contributed by atoms with E-state index in [0.29, 0.717) is 0 Å². The molecule has 0 amide bonds. The molecule has 0 saturated heterocycles. The van der Waals surface area contributed by atoms with Gasteiger partial charge in [-0.1, -0.05) is 84.4 Å². The minimum atomic E-state index is 0.798. The quantitative estimate of drug-likeness (QED) is 0.356. The summed E-state index contributed by atoms with van der Waals surface area (Å²) in [5.41, 5.74) is 7.00. The molecule has 0 bridgehead atoms. The molecule has 0 unspecified atom stereocenters. The van der Waals surface area contributed by atoms with Crippen LogP contribution in [0.5, 0.6) is 0 Å². The molecule has 0 saturated carbocycles. The van der Waals surface area contributed by atoms with E-state index in [9.17, 15) is 0 Å². The highest BCUT2D eigenvalue weighted by molar-refractivity contribution is 6.30. The van der Waals surface area contributed by atoms with Gasteiger partial charge in [0, 0.05) is 18.1 Å². The third-order valence-corrected chi connectivity index (χ3v) is 6.22. The Morgan fingerprint density at radius 3 is 2.07 bits per heavy atom. The molecule has 0 aliphatic carbocycles. The Hall–Kier alpha value is -2.35. The van der Waals surface area contributed by atoms with E-state index in [1.54, 1.807) is 0 Å². The van der Waals surface area contributed by atoms with E-state index in [1.165, 1.54) is 66.6 Å². The lowest BCUT2D eigenvalue weighted by atomic mass is 9.99. The van der Waals surface area contributed by atoms with E-state index in [1.807, 2.05) is 12.1 Å². The zero-order valence-corrected chi connectivity index (χ0v) is 18.3. The molecule has 3 aromatic rings. The fourth-order valence-corrected chi connectivity index (χ4v) is 4.28. The van der Waals surface area contributed by atoms with E-state index < -0.39 is 0 Å². The van der Waals surface area contributed by atoms with Crippen molar-refractivity contribution in [1.29, 1.82) is 0 Å². The third-order valence-electron chi connectivity index (χ3n) is 5.97. The SMILES string of the molecule is Clc1ccc(Cc2ccc(CCCCN3CC=C(c4ccccc4)CC3)cc2)cc1. The van der Waals surface area contributed by atoms with Gasteiger partial charge in [0.15, 0.2) is 0 Å². The van der Waals surface area contributed by atoms with Gasteiger partial charge in [-0.25, -0.2) is 0 Å². The lowest BCUT2D eigenvalue weighted by Gasteiger charge is -2.26. The molecule has 154 valence electrons. The first-order valence-corrected chi connectivity index (χ1v) is 11.4. The van der Waals surface area contributed by atoms with Crippen molar-refractivity contribution >= 4 is 17.2 Å². The molecule has 0 atom stereocenters. The second kappa shape index (κ2) is 10.6. The van der Waals surface area contributed by atoms with Crippen LogP contribution in [0.15, 0.2) is 84.9 Å². The van der Waals surface area contributed by atoms with Gasteiger partial charge in [0.25, 0.3) is 0 Å². The van der Waals surface area contributed by atoms with Crippen LogP contribution in [0.3, 0.4) is 0 Å². The van der Waals surface area contributed by atoms with Crippen LogP contribution in [0.25, 0.3) is 5.57 Å². The summed E-state index contributed by atoms with van der Waals surface area (Å²) in [6.45, 7) is 3.47. The summed E-state index contributed by atoms with van der Waals surface area (Å²) in [5.74, 6) is 0. The van der Waals surface area contributed by atoms with Crippen LogP contribution in [0.2, 0.25) is 5.02 Å². The van der Waals surface area contributed by atoms with Crippen LogP contribution in [-0.4, -0.2) is 24.5 Å². The average Bonchev–Trinajstić information content (AvgIpc) is 2.80. The maximum atomic E-state index is 5.97. The van der Waals surface area contributed by atoms with Gasteiger partial charge in [0.05, 0.1) is 0 Å². The summed E-state index contributed by atoms with van der Waals surface area (Å²) < 4.78 is 0. The molecular formula is C28H30ClN. The standard InChI is InChI=1S/C28H30ClN/c29-28-15-13-25(14-16-28)22-24-11-9-23(10-12-24)6-4-5-19-30-20-17-27(18-21-30)26-7-2-1-3-8-26/h1-3,7-17H,4-6,18-22H2. The van der Waals surface area contributed by atoms with Crippen molar-refractivity contribution in [2.24, 2.45) is 0 Å². The average molecular weight is 416 g/mol. The highest BCUT2D eigenvalue weighted by Crippen LogP contribution is 2.22. The van der Waals surface area contributed by atoms with Gasteiger partial charge >= 0.3 is 0 Å². The summed E-state index contributed by atoms with van der Waals surface area (Å²) in [6, 6.07) is 28.1. The van der Waals surface area contributed by atoms with Crippen molar-refractivity contribution in [3.63, 3.8) is 0 Å². The highest BCUT2D eigenvalue weighted by Gasteiger charge is 2.12. The van der Waals surface area contributed by atoms with E-state index in [2.05, 4.69) is 77.7 Å². The van der Waals surface area contributed by atoms with E-state index in [-0.39, 0.29) is 0 Å². The first kappa shape index (κ1) is 20.9. The van der Waals surface area contributed by atoms with E-state index in [0.717, 1.165) is 18.0 Å². The lowest BCUT2D eigenvalue weighted by molar-refractivity contribution is 0.295. The molecule has 1 heterocycles. The second-order valence-electron chi connectivity index (χ2n) is 8.22. The molecule has 0 spiro atoms. The molecule has 1 aliphatic heterocycles. The zero-order chi connectivity index (χ0) is 20.6. The number of benzene rings is 3. The molecule has 2 heteroatoms. The zero-order valence-electron chi connectivity index (χ0n) is 17.6. The van der Waals surface area contributed by atoms with Crippen LogP contribution < -0.4 is 0 Å². The smallest absolute Gasteiger partial charge is 0.0406 e. The van der Waals surface area contributed by atoms with Crippen LogP contribution >= 0.6 is 11.6 Å². The Labute approximate surface area is 186 Å². The second-order valence-corrected chi connectivity index (χ2v) is 8.66. The van der Waals surface area contributed by atoms with Crippen molar-refractivity contribution in [2.45, 2.75) is 32.1 Å². The van der Waals surface area contributed by atoms with Crippen molar-refractivity contribution < 1.29 is 0 Å². The number of halogens is 1. The number of aryl methyl sites for hydroxylation is 1. The summed E-state index contributed by atoms with van der Waals surface area (Å²) in [7, 11) is 0. The number of rotatable bonds is 8. The molecule has 0 radical (unpaired) electrons. The number of nitrogens with zero attached hydrogens (tertiary/aromatic N) is 1. The summed E-state index contributed by atoms with van der Waals surface area (Å²) in [4.78, 5) is 2.58. The minimum Gasteiger partial charge on any atom is -0.299 e. The van der Waals surface area contributed by atoms with Gasteiger partial charge in [-0.15, -0.1) is 0 Å². The largest absolute Gasteiger partial charge is 0.299 e. The molecule has 1 aliphatic rings. The van der Waals surface area contributed by atoms with Gasteiger partial charge in [-0.2, -0.15) is 0 Å². The topological polar surface area (TPSA) is 3.24 Å².